The molecule has 176 valence electrons. The Morgan fingerprint density at radius 1 is 0.733 bits per heavy atom. The van der Waals surface area contributed by atoms with Crippen LogP contribution >= 0.6 is 0 Å². The molecule has 0 heterocycles. The summed E-state index contributed by atoms with van der Waals surface area (Å²) in [5.74, 6) is 0.893. The molecule has 4 heteroatoms. The lowest BCUT2D eigenvalue weighted by Crippen LogP contribution is -2.23. The molecule has 3 fully saturated rings. The van der Waals surface area contributed by atoms with Gasteiger partial charge in [-0.25, -0.2) is 0 Å². The van der Waals surface area contributed by atoms with Crippen LogP contribution in [0.25, 0.3) is 0 Å². The van der Waals surface area contributed by atoms with Gasteiger partial charge in [0.1, 0.15) is 0 Å². The number of ether oxygens (including phenoxy) is 3. The smallest absolute Gasteiger partial charge is 0.0808 e. The van der Waals surface area contributed by atoms with E-state index >= 15 is 0 Å². The summed E-state index contributed by atoms with van der Waals surface area (Å²) in [5.41, 5.74) is 0.432. The largest absolute Gasteiger partial charge is 0.376 e. The first-order chi connectivity index (χ1) is 13.5. The van der Waals surface area contributed by atoms with Gasteiger partial charge in [-0.3, -0.25) is 0 Å². The van der Waals surface area contributed by atoms with Crippen LogP contribution in [0.5, 0.6) is 0 Å². The Hall–Kier alpha value is -0.630. The third-order valence-electron chi connectivity index (χ3n) is 5.28. The zero-order valence-corrected chi connectivity index (χ0v) is 21.6. The van der Waals surface area contributed by atoms with Gasteiger partial charge < -0.3 is 14.2 Å². The Balaban J connectivity index is 0.000000226. The standard InChI is InChI=1S/C9H15NO.C9H18O.C8H16O/c1-8(2,3)11-7-9(6-10)4-5-9;1-8(2,3)10-7-9(4)5-6-9;1-8(2,3)9-6-7-4-5-7/h4-5,7H2,1-3H3;5-7H2,1-4H3;7H,4-6H2,1-3H3. The summed E-state index contributed by atoms with van der Waals surface area (Å²) in [5, 5.41) is 8.72. The molecule has 0 N–H and O–H groups in total. The topological polar surface area (TPSA) is 51.5 Å². The van der Waals surface area contributed by atoms with E-state index in [4.69, 9.17) is 19.5 Å². The van der Waals surface area contributed by atoms with E-state index in [0.717, 1.165) is 32.0 Å². The second kappa shape index (κ2) is 10.3. The van der Waals surface area contributed by atoms with Crippen molar-refractivity contribution in [1.82, 2.24) is 0 Å². The average molecular weight is 424 g/mol. The zero-order valence-electron chi connectivity index (χ0n) is 21.6. The Kier molecular flexibility index (Phi) is 9.43. The van der Waals surface area contributed by atoms with Gasteiger partial charge in [-0.1, -0.05) is 6.92 Å². The predicted octanol–water partition coefficient (Wildman–Crippen LogP) is 6.92. The van der Waals surface area contributed by atoms with Crippen LogP contribution in [0.3, 0.4) is 0 Å². The van der Waals surface area contributed by atoms with Crippen LogP contribution in [-0.2, 0) is 14.2 Å². The molecule has 0 aromatic carbocycles. The molecule has 0 amide bonds. The first-order valence-electron chi connectivity index (χ1n) is 11.8. The highest BCUT2D eigenvalue weighted by atomic mass is 16.5. The fraction of sp³-hybridized carbons (Fsp3) is 0.962. The maximum atomic E-state index is 8.72. The van der Waals surface area contributed by atoms with Crippen LogP contribution in [0.1, 0.15) is 108 Å². The van der Waals surface area contributed by atoms with Crippen LogP contribution < -0.4 is 0 Å². The highest BCUT2D eigenvalue weighted by Gasteiger charge is 2.44. The SMILES string of the molecule is CC(C)(C)OCC1(C#N)CC1.CC(C)(C)OCC1CC1.CC1(COC(C)(C)C)CC1. The van der Waals surface area contributed by atoms with E-state index in [1.54, 1.807) is 0 Å². The summed E-state index contributed by atoms with van der Waals surface area (Å²) in [4.78, 5) is 0. The third kappa shape index (κ3) is 15.2. The molecule has 4 nitrogen and oxygen atoms in total. The van der Waals surface area contributed by atoms with Gasteiger partial charge in [0.15, 0.2) is 0 Å². The molecule has 3 aliphatic rings. The lowest BCUT2D eigenvalue weighted by molar-refractivity contribution is -0.0246. The van der Waals surface area contributed by atoms with Crippen molar-refractivity contribution in [2.75, 3.05) is 19.8 Å². The first kappa shape index (κ1) is 27.4. The van der Waals surface area contributed by atoms with Gasteiger partial charge in [0.25, 0.3) is 0 Å². The fourth-order valence-corrected chi connectivity index (χ4v) is 2.19. The Morgan fingerprint density at radius 3 is 1.47 bits per heavy atom. The van der Waals surface area contributed by atoms with Gasteiger partial charge in [-0.2, -0.15) is 5.26 Å². The second-order valence-electron chi connectivity index (χ2n) is 12.9. The van der Waals surface area contributed by atoms with E-state index in [0.29, 0.717) is 12.0 Å². The minimum atomic E-state index is -0.118. The molecule has 0 bridgehead atoms. The number of hydrogen-bond acceptors (Lipinski definition) is 4. The lowest BCUT2D eigenvalue weighted by atomic mass is 10.1. The van der Waals surface area contributed by atoms with Crippen molar-refractivity contribution in [3.63, 3.8) is 0 Å². The molecule has 3 rings (SSSR count). The molecule has 0 saturated heterocycles. The van der Waals surface area contributed by atoms with Gasteiger partial charge in [-0.15, -0.1) is 0 Å². The minimum Gasteiger partial charge on any atom is -0.376 e. The van der Waals surface area contributed by atoms with Crippen molar-refractivity contribution in [1.29, 1.82) is 5.26 Å². The maximum Gasteiger partial charge on any atom is 0.0808 e. The van der Waals surface area contributed by atoms with Gasteiger partial charge in [0.2, 0.25) is 0 Å². The highest BCUT2D eigenvalue weighted by Crippen LogP contribution is 2.46. The Bertz CT molecular complexity index is 540. The van der Waals surface area contributed by atoms with Gasteiger partial charge in [-0.05, 0) is 112 Å². The predicted molar refractivity (Wildman–Crippen MR) is 124 cm³/mol. The molecule has 0 aromatic heterocycles. The number of rotatable bonds is 6. The van der Waals surface area contributed by atoms with Crippen molar-refractivity contribution in [2.24, 2.45) is 16.7 Å². The Morgan fingerprint density at radius 2 is 1.17 bits per heavy atom. The lowest BCUT2D eigenvalue weighted by Gasteiger charge is -2.21. The zero-order chi connectivity index (χ0) is 23.3. The van der Waals surface area contributed by atoms with Crippen molar-refractivity contribution < 1.29 is 14.2 Å². The quantitative estimate of drug-likeness (QED) is 0.465. The van der Waals surface area contributed by atoms with Crippen LogP contribution in [0.2, 0.25) is 0 Å². The van der Waals surface area contributed by atoms with E-state index < -0.39 is 0 Å². The van der Waals surface area contributed by atoms with Crippen LogP contribution in [-0.4, -0.2) is 36.6 Å². The molecule has 0 atom stereocenters. The fourth-order valence-electron chi connectivity index (χ4n) is 2.19. The van der Waals surface area contributed by atoms with Crippen LogP contribution in [0.15, 0.2) is 0 Å². The van der Waals surface area contributed by atoms with Crippen LogP contribution in [0.4, 0.5) is 0 Å². The van der Waals surface area contributed by atoms with Crippen molar-refractivity contribution in [3.05, 3.63) is 0 Å². The molecular weight excluding hydrogens is 374 g/mol. The summed E-state index contributed by atoms with van der Waals surface area (Å²) >= 11 is 0. The normalized spacial score (nSPS) is 21.4. The van der Waals surface area contributed by atoms with Crippen molar-refractivity contribution in [3.8, 4) is 6.07 Å². The molecule has 0 unspecified atom stereocenters. The molecule has 0 spiro atoms. The molecule has 30 heavy (non-hydrogen) atoms. The van der Waals surface area contributed by atoms with Gasteiger partial charge in [0.05, 0.1) is 48.1 Å². The van der Waals surface area contributed by atoms with Crippen molar-refractivity contribution >= 4 is 0 Å². The molecule has 0 aliphatic heterocycles. The average Bonchev–Trinajstić information content (AvgIpc) is 3.45. The van der Waals surface area contributed by atoms with Crippen LogP contribution in [0, 0.1) is 28.1 Å². The Labute approximate surface area is 187 Å². The maximum absolute atomic E-state index is 8.72. The summed E-state index contributed by atoms with van der Waals surface area (Å²) in [6.45, 7) is 23.5. The van der Waals surface area contributed by atoms with E-state index in [2.05, 4.69) is 54.5 Å². The summed E-state index contributed by atoms with van der Waals surface area (Å²) in [6.07, 6.45) is 7.50. The monoisotopic (exact) mass is 423 g/mol. The minimum absolute atomic E-state index is 0.0472. The summed E-state index contributed by atoms with van der Waals surface area (Å²) in [7, 11) is 0. The molecule has 3 aliphatic carbocycles. The number of nitriles is 1. The van der Waals surface area contributed by atoms with E-state index in [1.807, 2.05) is 20.8 Å². The molecular formula is C26H49NO3. The third-order valence-corrected chi connectivity index (χ3v) is 5.28. The van der Waals surface area contributed by atoms with Crippen molar-refractivity contribution in [2.45, 2.75) is 125 Å². The second-order valence-corrected chi connectivity index (χ2v) is 12.9. The van der Waals surface area contributed by atoms with Gasteiger partial charge >= 0.3 is 0 Å². The molecule has 3 saturated carbocycles. The summed E-state index contributed by atoms with van der Waals surface area (Å²) < 4.78 is 16.7. The summed E-state index contributed by atoms with van der Waals surface area (Å²) in [6, 6.07) is 2.30. The van der Waals surface area contributed by atoms with Gasteiger partial charge in [0, 0.05) is 0 Å². The van der Waals surface area contributed by atoms with E-state index in [-0.39, 0.29) is 22.2 Å². The van der Waals surface area contributed by atoms with E-state index in [1.165, 1.54) is 25.7 Å². The molecule has 0 radical (unpaired) electrons. The molecule has 0 aromatic rings. The first-order valence-corrected chi connectivity index (χ1v) is 11.8. The number of hydrogen-bond donors (Lipinski definition) is 0. The highest BCUT2D eigenvalue weighted by molar-refractivity contribution is 5.09. The van der Waals surface area contributed by atoms with E-state index in [9.17, 15) is 0 Å². The number of nitrogens with zero attached hydrogens (tertiary/aromatic N) is 1.